The Morgan fingerprint density at radius 2 is 2.29 bits per heavy atom. The highest BCUT2D eigenvalue weighted by Crippen LogP contribution is 2.24. The van der Waals surface area contributed by atoms with Crippen molar-refractivity contribution in [3.63, 3.8) is 0 Å². The minimum Gasteiger partial charge on any atom is -0.349 e. The Hall–Kier alpha value is -0.690. The number of hydrogen-bond donors (Lipinski definition) is 0. The van der Waals surface area contributed by atoms with Crippen LogP contribution in [0, 0.1) is 5.82 Å². The molecule has 2 heterocycles. The van der Waals surface area contributed by atoms with E-state index in [9.17, 15) is 12.8 Å². The van der Waals surface area contributed by atoms with Crippen molar-refractivity contribution in [2.45, 2.75) is 13.0 Å². The lowest BCUT2D eigenvalue weighted by atomic mass is 10.3. The van der Waals surface area contributed by atoms with Crippen LogP contribution in [0.25, 0.3) is 0 Å². The normalized spacial score (nSPS) is 23.7. The second kappa shape index (κ2) is 4.53. The summed E-state index contributed by atoms with van der Waals surface area (Å²) < 4.78 is 37.1. The minimum absolute atomic E-state index is 0.0458. The quantitative estimate of drug-likeness (QED) is 0.788. The number of pyridine rings is 1. The van der Waals surface area contributed by atoms with Crippen LogP contribution in [0.2, 0.25) is 0 Å². The zero-order chi connectivity index (χ0) is 12.6. The molecular weight excluding hydrogens is 311 g/mol. The molecule has 1 aliphatic heterocycles. The Labute approximate surface area is 108 Å². The molecule has 0 spiro atoms. The fraction of sp³-hybridized carbons (Fsp3) is 0.500. The Balaban J connectivity index is 2.29. The molecule has 1 aliphatic rings. The van der Waals surface area contributed by atoms with E-state index in [1.165, 1.54) is 12.3 Å². The third-order valence-electron chi connectivity index (χ3n) is 2.73. The fourth-order valence-corrected chi connectivity index (χ4v) is 3.79. The van der Waals surface area contributed by atoms with Gasteiger partial charge in [-0.15, -0.1) is 0 Å². The van der Waals surface area contributed by atoms with Crippen LogP contribution in [0.1, 0.15) is 6.92 Å². The van der Waals surface area contributed by atoms with Gasteiger partial charge in [0, 0.05) is 23.3 Å². The van der Waals surface area contributed by atoms with Crippen molar-refractivity contribution in [1.29, 1.82) is 0 Å². The zero-order valence-corrected chi connectivity index (χ0v) is 11.6. The molecule has 7 heteroatoms. The summed E-state index contributed by atoms with van der Waals surface area (Å²) in [6.07, 6.45) is 1.51. The van der Waals surface area contributed by atoms with Crippen molar-refractivity contribution in [3.8, 4) is 0 Å². The molecule has 1 fully saturated rings. The maximum Gasteiger partial charge on any atom is 0.166 e. The van der Waals surface area contributed by atoms with Crippen molar-refractivity contribution >= 4 is 31.6 Å². The molecule has 1 aromatic heterocycles. The van der Waals surface area contributed by atoms with Gasteiger partial charge in [-0.2, -0.15) is 0 Å². The van der Waals surface area contributed by atoms with Gasteiger partial charge in [0.2, 0.25) is 0 Å². The van der Waals surface area contributed by atoms with Gasteiger partial charge in [0.15, 0.2) is 21.5 Å². The molecule has 0 amide bonds. The van der Waals surface area contributed by atoms with E-state index in [4.69, 9.17) is 0 Å². The largest absolute Gasteiger partial charge is 0.349 e. The fourth-order valence-electron chi connectivity index (χ4n) is 1.93. The summed E-state index contributed by atoms with van der Waals surface area (Å²) in [5, 5.41) is 0. The lowest BCUT2D eigenvalue weighted by molar-refractivity contribution is 0.554. The van der Waals surface area contributed by atoms with Crippen molar-refractivity contribution in [2.24, 2.45) is 0 Å². The molecule has 0 aliphatic carbocycles. The Kier molecular flexibility index (Phi) is 3.40. The second-order valence-electron chi connectivity index (χ2n) is 4.12. The van der Waals surface area contributed by atoms with Gasteiger partial charge in [0.05, 0.1) is 11.5 Å². The SMILES string of the molecule is CC1CS(=O)(=O)CCN1c1ncc(Br)cc1F. The number of halogens is 2. The number of rotatable bonds is 1. The third kappa shape index (κ3) is 2.77. The molecular formula is C10H12BrFN2O2S. The molecule has 1 aromatic rings. The number of hydrogen-bond acceptors (Lipinski definition) is 4. The van der Waals surface area contributed by atoms with Crippen molar-refractivity contribution in [1.82, 2.24) is 4.98 Å². The number of sulfone groups is 1. The van der Waals surface area contributed by atoms with Crippen molar-refractivity contribution in [2.75, 3.05) is 23.0 Å². The van der Waals surface area contributed by atoms with Gasteiger partial charge in [-0.1, -0.05) is 0 Å². The first-order valence-electron chi connectivity index (χ1n) is 5.17. The molecule has 2 rings (SSSR count). The maximum atomic E-state index is 13.7. The smallest absolute Gasteiger partial charge is 0.166 e. The van der Waals surface area contributed by atoms with E-state index < -0.39 is 15.7 Å². The van der Waals surface area contributed by atoms with Crippen LogP contribution in [0.5, 0.6) is 0 Å². The van der Waals surface area contributed by atoms with Gasteiger partial charge in [-0.25, -0.2) is 17.8 Å². The summed E-state index contributed by atoms with van der Waals surface area (Å²) in [5.41, 5.74) is 0. The van der Waals surface area contributed by atoms with E-state index in [-0.39, 0.29) is 29.9 Å². The lowest BCUT2D eigenvalue weighted by Crippen LogP contribution is -2.47. The van der Waals surface area contributed by atoms with Crippen LogP contribution in [0.3, 0.4) is 0 Å². The minimum atomic E-state index is -3.00. The molecule has 0 aromatic carbocycles. The Morgan fingerprint density at radius 3 is 2.88 bits per heavy atom. The summed E-state index contributed by atoms with van der Waals surface area (Å²) in [7, 11) is -3.00. The summed E-state index contributed by atoms with van der Waals surface area (Å²) in [6, 6.07) is 1.08. The van der Waals surface area contributed by atoms with Crippen molar-refractivity contribution in [3.05, 3.63) is 22.6 Å². The molecule has 1 atom stereocenters. The number of aromatic nitrogens is 1. The predicted molar refractivity (Wildman–Crippen MR) is 67.4 cm³/mol. The standard InChI is InChI=1S/C10H12BrFN2O2S/c1-7-6-17(15,16)3-2-14(7)10-9(12)4-8(11)5-13-10/h4-5,7H,2-3,6H2,1H3. The Morgan fingerprint density at radius 1 is 1.59 bits per heavy atom. The molecule has 0 bridgehead atoms. The average molecular weight is 323 g/mol. The average Bonchev–Trinajstić information content (AvgIpc) is 2.18. The van der Waals surface area contributed by atoms with E-state index in [2.05, 4.69) is 20.9 Å². The van der Waals surface area contributed by atoms with Gasteiger partial charge >= 0.3 is 0 Å². The monoisotopic (exact) mass is 322 g/mol. The highest BCUT2D eigenvalue weighted by Gasteiger charge is 2.30. The van der Waals surface area contributed by atoms with Crippen LogP contribution in [0.4, 0.5) is 10.2 Å². The zero-order valence-electron chi connectivity index (χ0n) is 9.23. The molecule has 0 saturated carbocycles. The molecule has 0 N–H and O–H groups in total. The van der Waals surface area contributed by atoms with Crippen LogP contribution >= 0.6 is 15.9 Å². The Bertz CT molecular complexity index is 535. The van der Waals surface area contributed by atoms with E-state index >= 15 is 0 Å². The van der Waals surface area contributed by atoms with E-state index in [0.717, 1.165) is 0 Å². The number of anilines is 1. The van der Waals surface area contributed by atoms with Crippen LogP contribution in [0.15, 0.2) is 16.7 Å². The molecule has 4 nitrogen and oxygen atoms in total. The molecule has 0 radical (unpaired) electrons. The van der Waals surface area contributed by atoms with Gasteiger partial charge < -0.3 is 4.90 Å². The summed E-state index contributed by atoms with van der Waals surface area (Å²) in [5.74, 6) is -0.125. The van der Waals surface area contributed by atoms with E-state index in [1.54, 1.807) is 11.8 Å². The van der Waals surface area contributed by atoms with Crippen molar-refractivity contribution < 1.29 is 12.8 Å². The maximum absolute atomic E-state index is 13.7. The molecule has 17 heavy (non-hydrogen) atoms. The third-order valence-corrected chi connectivity index (χ3v) is 4.96. The number of nitrogens with zero attached hydrogens (tertiary/aromatic N) is 2. The van der Waals surface area contributed by atoms with Gasteiger partial charge in [0.1, 0.15) is 0 Å². The highest BCUT2D eigenvalue weighted by molar-refractivity contribution is 9.10. The lowest BCUT2D eigenvalue weighted by Gasteiger charge is -2.34. The van der Waals surface area contributed by atoms with Gasteiger partial charge in [-0.3, -0.25) is 0 Å². The summed E-state index contributed by atoms with van der Waals surface area (Å²) in [4.78, 5) is 5.71. The molecule has 1 saturated heterocycles. The van der Waals surface area contributed by atoms with Crippen LogP contribution < -0.4 is 4.90 Å². The topological polar surface area (TPSA) is 50.3 Å². The first-order chi connectivity index (χ1) is 7.89. The second-order valence-corrected chi connectivity index (χ2v) is 7.26. The summed E-state index contributed by atoms with van der Waals surface area (Å²) >= 11 is 3.14. The predicted octanol–water partition coefficient (Wildman–Crippen LogP) is 1.61. The van der Waals surface area contributed by atoms with Gasteiger partial charge in [0.25, 0.3) is 0 Å². The first-order valence-corrected chi connectivity index (χ1v) is 7.78. The van der Waals surface area contributed by atoms with Crippen LogP contribution in [-0.4, -0.2) is 37.5 Å². The van der Waals surface area contributed by atoms with Gasteiger partial charge in [-0.05, 0) is 28.9 Å². The van der Waals surface area contributed by atoms with E-state index in [1.807, 2.05) is 0 Å². The highest BCUT2D eigenvalue weighted by atomic mass is 79.9. The summed E-state index contributed by atoms with van der Waals surface area (Å²) in [6.45, 7) is 2.05. The van der Waals surface area contributed by atoms with Crippen LogP contribution in [-0.2, 0) is 9.84 Å². The van der Waals surface area contributed by atoms with E-state index in [0.29, 0.717) is 4.47 Å². The molecule has 94 valence electrons. The molecule has 1 unspecified atom stereocenters. The first kappa shape index (κ1) is 12.8.